The van der Waals surface area contributed by atoms with E-state index in [1.807, 2.05) is 17.2 Å². The van der Waals surface area contributed by atoms with Crippen LogP contribution in [-0.2, 0) is 13.1 Å². The van der Waals surface area contributed by atoms with Crippen molar-refractivity contribution in [2.24, 2.45) is 0 Å². The molecule has 1 aliphatic rings. The smallest absolute Gasteiger partial charge is 0.130 e. The number of nitrogens with zero attached hydrogens (tertiary/aromatic N) is 2. The Bertz CT molecular complexity index is 986. The van der Waals surface area contributed by atoms with Gasteiger partial charge in [0.05, 0.1) is 12.2 Å². The lowest BCUT2D eigenvalue weighted by molar-refractivity contribution is 0.466. The molecular formula is C21H17F2N3O. The molecule has 2 aromatic carbocycles. The Labute approximate surface area is 155 Å². The highest BCUT2D eigenvalue weighted by Crippen LogP contribution is 2.31. The molecule has 0 fully saturated rings. The molecule has 6 heteroatoms. The molecule has 2 heterocycles. The Kier molecular flexibility index (Phi) is 4.46. The minimum Gasteiger partial charge on any atom is -0.507 e. The Morgan fingerprint density at radius 2 is 1.67 bits per heavy atom. The van der Waals surface area contributed by atoms with Crippen LogP contribution in [0.4, 0.5) is 20.3 Å². The Balaban J connectivity index is 1.51. The number of aromatic nitrogens is 1. The van der Waals surface area contributed by atoms with E-state index in [0.717, 1.165) is 11.3 Å². The fourth-order valence-corrected chi connectivity index (χ4v) is 2.96. The van der Waals surface area contributed by atoms with Gasteiger partial charge in [0.25, 0.3) is 0 Å². The summed E-state index contributed by atoms with van der Waals surface area (Å²) in [5, 5.41) is 13.6. The van der Waals surface area contributed by atoms with E-state index in [2.05, 4.69) is 10.3 Å². The predicted molar refractivity (Wildman–Crippen MR) is 101 cm³/mol. The molecule has 0 radical (unpaired) electrons. The van der Waals surface area contributed by atoms with Crippen LogP contribution in [0.2, 0.25) is 0 Å². The molecule has 4 rings (SSSR count). The molecule has 136 valence electrons. The second-order valence-corrected chi connectivity index (χ2v) is 6.29. The average Bonchev–Trinajstić information content (AvgIpc) is 2.68. The average molecular weight is 365 g/mol. The van der Waals surface area contributed by atoms with Crippen molar-refractivity contribution in [3.8, 4) is 5.75 Å². The number of rotatable bonds is 4. The lowest BCUT2D eigenvalue weighted by atomic mass is 10.1. The lowest BCUT2D eigenvalue weighted by Gasteiger charge is -2.26. The van der Waals surface area contributed by atoms with Crippen molar-refractivity contribution in [1.82, 2.24) is 4.98 Å². The minimum atomic E-state index is -0.290. The van der Waals surface area contributed by atoms with Gasteiger partial charge in [0, 0.05) is 30.1 Å². The zero-order valence-corrected chi connectivity index (χ0v) is 14.4. The lowest BCUT2D eigenvalue weighted by Crippen LogP contribution is -2.20. The van der Waals surface area contributed by atoms with Gasteiger partial charge in [-0.2, -0.15) is 0 Å². The first-order valence-corrected chi connectivity index (χ1v) is 8.50. The standard InChI is InChI=1S/C21H17F2N3O/c22-15-3-1-14(2-4-15)12-24-21-11-20(27)18-13-26(10-9-19(18)25-21)17-7-5-16(23)6-8-17/h1-11H,12-13H2,(H2,24,25,27). The summed E-state index contributed by atoms with van der Waals surface area (Å²) in [7, 11) is 0. The van der Waals surface area contributed by atoms with Gasteiger partial charge in [-0.15, -0.1) is 0 Å². The third kappa shape index (κ3) is 3.74. The molecule has 0 atom stereocenters. The largest absolute Gasteiger partial charge is 0.507 e. The van der Waals surface area contributed by atoms with Crippen LogP contribution < -0.4 is 10.2 Å². The third-order valence-corrected chi connectivity index (χ3v) is 4.42. The van der Waals surface area contributed by atoms with Crippen LogP contribution >= 0.6 is 0 Å². The maximum absolute atomic E-state index is 13.1. The summed E-state index contributed by atoms with van der Waals surface area (Å²) in [6.07, 6.45) is 3.66. The molecule has 0 spiro atoms. The summed E-state index contributed by atoms with van der Waals surface area (Å²) in [5.74, 6) is 0.106. The SMILES string of the molecule is Oc1cc(NCc2ccc(F)cc2)nc2c1CN(c1ccc(F)cc1)C=C2. The van der Waals surface area contributed by atoms with Crippen LogP contribution in [0.5, 0.6) is 5.75 Å². The molecule has 0 saturated heterocycles. The molecule has 3 aromatic rings. The Morgan fingerprint density at radius 1 is 1.00 bits per heavy atom. The van der Waals surface area contributed by atoms with E-state index < -0.39 is 0 Å². The number of benzene rings is 2. The summed E-state index contributed by atoms with van der Waals surface area (Å²) in [6, 6.07) is 14.0. The van der Waals surface area contributed by atoms with Crippen LogP contribution in [0.25, 0.3) is 6.08 Å². The van der Waals surface area contributed by atoms with E-state index in [-0.39, 0.29) is 17.4 Å². The van der Waals surface area contributed by atoms with Gasteiger partial charge in [0.1, 0.15) is 23.2 Å². The van der Waals surface area contributed by atoms with Crippen LogP contribution in [0.1, 0.15) is 16.8 Å². The van der Waals surface area contributed by atoms with Crippen molar-refractivity contribution >= 4 is 17.6 Å². The Hall–Kier alpha value is -3.41. The van der Waals surface area contributed by atoms with Crippen LogP contribution in [0, 0.1) is 11.6 Å². The molecule has 0 bridgehead atoms. The Morgan fingerprint density at radius 3 is 2.37 bits per heavy atom. The highest BCUT2D eigenvalue weighted by molar-refractivity contribution is 5.66. The first-order valence-electron chi connectivity index (χ1n) is 8.50. The number of pyridine rings is 1. The van der Waals surface area contributed by atoms with Crippen molar-refractivity contribution < 1.29 is 13.9 Å². The van der Waals surface area contributed by atoms with Gasteiger partial charge in [-0.25, -0.2) is 13.8 Å². The van der Waals surface area contributed by atoms with E-state index in [0.29, 0.717) is 30.2 Å². The van der Waals surface area contributed by atoms with E-state index in [1.54, 1.807) is 30.3 Å². The highest BCUT2D eigenvalue weighted by Gasteiger charge is 2.18. The van der Waals surface area contributed by atoms with E-state index in [4.69, 9.17) is 0 Å². The van der Waals surface area contributed by atoms with Gasteiger partial charge in [0.2, 0.25) is 0 Å². The normalized spacial score (nSPS) is 12.7. The minimum absolute atomic E-state index is 0.137. The van der Waals surface area contributed by atoms with Gasteiger partial charge in [0.15, 0.2) is 0 Å². The summed E-state index contributed by atoms with van der Waals surface area (Å²) in [4.78, 5) is 6.44. The molecule has 2 N–H and O–H groups in total. The maximum atomic E-state index is 13.1. The van der Waals surface area contributed by atoms with Gasteiger partial charge in [-0.05, 0) is 48.0 Å². The van der Waals surface area contributed by atoms with Gasteiger partial charge in [-0.3, -0.25) is 0 Å². The summed E-state index contributed by atoms with van der Waals surface area (Å²) in [6.45, 7) is 0.908. The molecule has 0 unspecified atom stereocenters. The summed E-state index contributed by atoms with van der Waals surface area (Å²) < 4.78 is 26.1. The number of nitrogens with one attached hydrogen (secondary N) is 1. The van der Waals surface area contributed by atoms with Crippen LogP contribution in [0.3, 0.4) is 0 Å². The fourth-order valence-electron chi connectivity index (χ4n) is 2.96. The van der Waals surface area contributed by atoms with E-state index >= 15 is 0 Å². The van der Waals surface area contributed by atoms with E-state index in [1.165, 1.54) is 24.3 Å². The number of anilines is 2. The second-order valence-electron chi connectivity index (χ2n) is 6.29. The van der Waals surface area contributed by atoms with Gasteiger partial charge >= 0.3 is 0 Å². The van der Waals surface area contributed by atoms with Gasteiger partial charge < -0.3 is 15.3 Å². The van der Waals surface area contributed by atoms with Crippen molar-refractivity contribution in [3.05, 3.63) is 89.3 Å². The zero-order chi connectivity index (χ0) is 18.8. The number of fused-ring (bicyclic) bond motifs is 1. The topological polar surface area (TPSA) is 48.4 Å². The predicted octanol–water partition coefficient (Wildman–Crippen LogP) is 4.67. The number of hydrogen-bond acceptors (Lipinski definition) is 4. The van der Waals surface area contributed by atoms with Crippen molar-refractivity contribution in [3.63, 3.8) is 0 Å². The highest BCUT2D eigenvalue weighted by atomic mass is 19.1. The molecule has 27 heavy (non-hydrogen) atoms. The quantitative estimate of drug-likeness (QED) is 0.706. The molecule has 0 amide bonds. The van der Waals surface area contributed by atoms with Crippen LogP contribution in [-0.4, -0.2) is 10.1 Å². The molecule has 4 nitrogen and oxygen atoms in total. The molecule has 0 aliphatic carbocycles. The summed E-state index contributed by atoms with van der Waals surface area (Å²) in [5.41, 5.74) is 3.12. The van der Waals surface area contributed by atoms with E-state index in [9.17, 15) is 13.9 Å². The number of hydrogen-bond donors (Lipinski definition) is 2. The first kappa shape index (κ1) is 17.0. The fraction of sp³-hybridized carbons (Fsp3) is 0.0952. The zero-order valence-electron chi connectivity index (χ0n) is 14.4. The molecular weight excluding hydrogens is 348 g/mol. The molecule has 0 saturated carbocycles. The monoisotopic (exact) mass is 365 g/mol. The number of aromatic hydroxyl groups is 1. The maximum Gasteiger partial charge on any atom is 0.130 e. The van der Waals surface area contributed by atoms with Crippen molar-refractivity contribution in [2.75, 3.05) is 10.2 Å². The van der Waals surface area contributed by atoms with Crippen LogP contribution in [0.15, 0.2) is 60.8 Å². The summed E-state index contributed by atoms with van der Waals surface area (Å²) >= 11 is 0. The molecule has 1 aromatic heterocycles. The second kappa shape index (κ2) is 7.07. The third-order valence-electron chi connectivity index (χ3n) is 4.42. The van der Waals surface area contributed by atoms with Crippen molar-refractivity contribution in [2.45, 2.75) is 13.1 Å². The van der Waals surface area contributed by atoms with Gasteiger partial charge in [-0.1, -0.05) is 12.1 Å². The molecule has 1 aliphatic heterocycles. The van der Waals surface area contributed by atoms with Crippen molar-refractivity contribution in [1.29, 1.82) is 0 Å². The number of halogens is 2. The first-order chi connectivity index (χ1) is 13.1.